The first-order chi connectivity index (χ1) is 15.0. The Hall–Kier alpha value is -2.46. The van der Waals surface area contributed by atoms with Gasteiger partial charge in [-0.15, -0.1) is 21.5 Å². The second-order valence-electron chi connectivity index (χ2n) is 6.65. The molecule has 4 aromatic rings. The Bertz CT molecular complexity index is 1220. The summed E-state index contributed by atoms with van der Waals surface area (Å²) in [7, 11) is 0. The van der Waals surface area contributed by atoms with Crippen molar-refractivity contribution in [1.82, 2.24) is 15.2 Å². The van der Waals surface area contributed by atoms with Gasteiger partial charge in [0.1, 0.15) is 0 Å². The van der Waals surface area contributed by atoms with Crippen molar-refractivity contribution < 1.29 is 4.79 Å². The predicted molar refractivity (Wildman–Crippen MR) is 131 cm³/mol. The van der Waals surface area contributed by atoms with E-state index in [1.54, 1.807) is 0 Å². The van der Waals surface area contributed by atoms with Gasteiger partial charge in [-0.05, 0) is 43.2 Å². The zero-order valence-electron chi connectivity index (χ0n) is 16.7. The van der Waals surface area contributed by atoms with E-state index in [-0.39, 0.29) is 11.7 Å². The number of hydrogen-bond donors (Lipinski definition) is 2. The average molecular weight is 488 g/mol. The average Bonchev–Trinajstić information content (AvgIpc) is 3.39. The number of aromatic nitrogens is 3. The number of thioether (sulfide) groups is 1. The highest BCUT2D eigenvalue weighted by Gasteiger charge is 2.12. The number of benzene rings is 2. The molecule has 2 aromatic carbocycles. The zero-order valence-corrected chi connectivity index (χ0v) is 19.9. The molecule has 2 N–H and O–H groups in total. The summed E-state index contributed by atoms with van der Waals surface area (Å²) in [5.41, 5.74) is 4.99. The molecule has 2 heterocycles. The molecule has 2 aromatic heterocycles. The highest BCUT2D eigenvalue weighted by molar-refractivity contribution is 8.01. The lowest BCUT2D eigenvalue weighted by molar-refractivity contribution is -0.113. The molecule has 0 fully saturated rings. The molecule has 31 heavy (non-hydrogen) atoms. The predicted octanol–water partition coefficient (Wildman–Crippen LogP) is 6.41. The van der Waals surface area contributed by atoms with Crippen molar-refractivity contribution in [3.05, 3.63) is 64.0 Å². The molecule has 0 atom stereocenters. The summed E-state index contributed by atoms with van der Waals surface area (Å²) in [6, 6.07) is 13.6. The third kappa shape index (κ3) is 5.62. The molecule has 0 saturated carbocycles. The molecule has 10 heteroatoms. The summed E-state index contributed by atoms with van der Waals surface area (Å²) in [5, 5.41) is 18.1. The van der Waals surface area contributed by atoms with Crippen molar-refractivity contribution >= 4 is 67.9 Å². The van der Waals surface area contributed by atoms with Crippen LogP contribution in [-0.4, -0.2) is 26.8 Å². The number of hydrogen-bond acceptors (Lipinski definition) is 8. The lowest BCUT2D eigenvalue weighted by Crippen LogP contribution is -2.13. The van der Waals surface area contributed by atoms with Crippen LogP contribution in [0.15, 0.2) is 52.2 Å². The Labute approximate surface area is 197 Å². The first-order valence-electron chi connectivity index (χ1n) is 9.29. The fourth-order valence-electron chi connectivity index (χ4n) is 2.67. The largest absolute Gasteiger partial charge is 0.330 e. The number of halogens is 1. The Morgan fingerprint density at radius 1 is 1.10 bits per heavy atom. The first-order valence-corrected chi connectivity index (χ1v) is 12.3. The minimum absolute atomic E-state index is 0.149. The second-order valence-corrected chi connectivity index (χ2v) is 10.1. The Kier molecular flexibility index (Phi) is 6.86. The van der Waals surface area contributed by atoms with Gasteiger partial charge in [-0.3, -0.25) is 4.79 Å². The lowest BCUT2D eigenvalue weighted by Gasteiger charge is -2.05. The van der Waals surface area contributed by atoms with Crippen LogP contribution in [0.4, 0.5) is 16.0 Å². The molecule has 0 aliphatic carbocycles. The van der Waals surface area contributed by atoms with Crippen LogP contribution < -0.4 is 10.6 Å². The van der Waals surface area contributed by atoms with E-state index in [4.69, 9.17) is 11.6 Å². The Morgan fingerprint density at radius 2 is 1.94 bits per heavy atom. The van der Waals surface area contributed by atoms with Crippen LogP contribution in [0, 0.1) is 13.8 Å². The molecule has 158 valence electrons. The Balaban J connectivity index is 1.30. The van der Waals surface area contributed by atoms with Crippen LogP contribution in [0.25, 0.3) is 11.3 Å². The molecule has 0 unspecified atom stereocenters. The summed E-state index contributed by atoms with van der Waals surface area (Å²) in [6.45, 7) is 4.15. The number of amides is 1. The van der Waals surface area contributed by atoms with E-state index >= 15 is 0 Å². The van der Waals surface area contributed by atoms with Crippen molar-refractivity contribution in [1.29, 1.82) is 0 Å². The van der Waals surface area contributed by atoms with E-state index in [0.29, 0.717) is 15.3 Å². The van der Waals surface area contributed by atoms with Gasteiger partial charge in [0, 0.05) is 21.7 Å². The van der Waals surface area contributed by atoms with Crippen LogP contribution in [0.1, 0.15) is 11.1 Å². The lowest BCUT2D eigenvalue weighted by atomic mass is 10.1. The number of rotatable bonds is 7. The van der Waals surface area contributed by atoms with E-state index in [0.717, 1.165) is 21.3 Å². The molecule has 1 amide bonds. The molecular formula is C21H18ClN5OS3. The van der Waals surface area contributed by atoms with E-state index < -0.39 is 0 Å². The number of nitrogens with zero attached hydrogens (tertiary/aromatic N) is 3. The molecule has 0 radical (unpaired) electrons. The van der Waals surface area contributed by atoms with E-state index in [1.807, 2.05) is 35.7 Å². The number of thiazole rings is 1. The zero-order chi connectivity index (χ0) is 21.8. The highest BCUT2D eigenvalue weighted by Crippen LogP contribution is 2.31. The fourth-order valence-corrected chi connectivity index (χ4v) is 5.20. The normalized spacial score (nSPS) is 10.8. The summed E-state index contributed by atoms with van der Waals surface area (Å²) in [5.74, 6) is 0.0724. The number of carbonyl (C=O) groups excluding carboxylic acids is 1. The molecular weight excluding hydrogens is 470 g/mol. The van der Waals surface area contributed by atoms with Gasteiger partial charge in [0.15, 0.2) is 9.47 Å². The van der Waals surface area contributed by atoms with Crippen molar-refractivity contribution in [2.45, 2.75) is 18.2 Å². The minimum Gasteiger partial charge on any atom is -0.330 e. The third-order valence-electron chi connectivity index (χ3n) is 4.39. The first kappa shape index (κ1) is 21.8. The van der Waals surface area contributed by atoms with Crippen LogP contribution in [0.3, 0.4) is 0 Å². The maximum atomic E-state index is 12.3. The maximum Gasteiger partial charge on any atom is 0.236 e. The smallest absolute Gasteiger partial charge is 0.236 e. The molecule has 4 rings (SSSR count). The number of carbonyl (C=O) groups is 1. The summed E-state index contributed by atoms with van der Waals surface area (Å²) >= 11 is 10.3. The summed E-state index contributed by atoms with van der Waals surface area (Å²) in [4.78, 5) is 16.8. The standard InChI is InChI=1S/C21H18ClN5OS3/c1-12-7-8-14(9-13(12)2)23-20-26-27-21(31-20)30-11-18(28)25-19-24-17(10-29-19)15-5-3-4-6-16(15)22/h3-10H,11H2,1-2H3,(H,23,26)(H,24,25,28). The van der Waals surface area contributed by atoms with E-state index in [1.165, 1.54) is 45.6 Å². The van der Waals surface area contributed by atoms with E-state index in [9.17, 15) is 4.79 Å². The van der Waals surface area contributed by atoms with Crippen LogP contribution in [0.2, 0.25) is 5.02 Å². The summed E-state index contributed by atoms with van der Waals surface area (Å²) in [6.07, 6.45) is 0. The molecule has 0 bridgehead atoms. The number of aryl methyl sites for hydroxylation is 2. The monoisotopic (exact) mass is 487 g/mol. The van der Waals surface area contributed by atoms with Gasteiger partial charge in [-0.1, -0.05) is 59.0 Å². The van der Waals surface area contributed by atoms with Crippen molar-refractivity contribution in [2.75, 3.05) is 16.4 Å². The van der Waals surface area contributed by atoms with Crippen LogP contribution >= 0.6 is 46.0 Å². The molecule has 0 aliphatic rings. The highest BCUT2D eigenvalue weighted by atomic mass is 35.5. The maximum absolute atomic E-state index is 12.3. The van der Waals surface area contributed by atoms with Crippen molar-refractivity contribution in [3.8, 4) is 11.3 Å². The van der Waals surface area contributed by atoms with Gasteiger partial charge >= 0.3 is 0 Å². The molecule has 0 spiro atoms. The quantitative estimate of drug-likeness (QED) is 0.293. The summed E-state index contributed by atoms with van der Waals surface area (Å²) < 4.78 is 0.720. The van der Waals surface area contributed by atoms with Gasteiger partial charge < -0.3 is 10.6 Å². The van der Waals surface area contributed by atoms with Crippen LogP contribution in [0.5, 0.6) is 0 Å². The van der Waals surface area contributed by atoms with Gasteiger partial charge in [0.2, 0.25) is 11.0 Å². The van der Waals surface area contributed by atoms with Gasteiger partial charge in [0.25, 0.3) is 0 Å². The second kappa shape index (κ2) is 9.78. The fraction of sp³-hybridized carbons (Fsp3) is 0.143. The molecule has 0 aliphatic heterocycles. The van der Waals surface area contributed by atoms with Gasteiger partial charge in [-0.2, -0.15) is 0 Å². The van der Waals surface area contributed by atoms with Gasteiger partial charge in [0.05, 0.1) is 11.4 Å². The number of nitrogens with one attached hydrogen (secondary N) is 2. The SMILES string of the molecule is Cc1ccc(Nc2nnc(SCC(=O)Nc3nc(-c4ccccc4Cl)cs3)s2)cc1C. The van der Waals surface area contributed by atoms with Crippen molar-refractivity contribution in [2.24, 2.45) is 0 Å². The molecule has 0 saturated heterocycles. The van der Waals surface area contributed by atoms with Crippen molar-refractivity contribution in [3.63, 3.8) is 0 Å². The Morgan fingerprint density at radius 3 is 2.74 bits per heavy atom. The number of anilines is 3. The third-order valence-corrected chi connectivity index (χ3v) is 7.45. The molecule has 6 nitrogen and oxygen atoms in total. The topological polar surface area (TPSA) is 79.8 Å². The van der Waals surface area contributed by atoms with Gasteiger partial charge in [-0.25, -0.2) is 4.98 Å². The van der Waals surface area contributed by atoms with E-state index in [2.05, 4.69) is 51.8 Å². The minimum atomic E-state index is -0.149. The van der Waals surface area contributed by atoms with Crippen LogP contribution in [-0.2, 0) is 4.79 Å².